The summed E-state index contributed by atoms with van der Waals surface area (Å²) in [6, 6.07) is 0. The molecule has 0 bridgehead atoms. The molecule has 44 valence electrons. The van der Waals surface area contributed by atoms with Gasteiger partial charge in [0.15, 0.2) is 0 Å². The number of carbonyl (C=O) groups is 1. The van der Waals surface area contributed by atoms with Gasteiger partial charge in [0.25, 0.3) is 0 Å². The summed E-state index contributed by atoms with van der Waals surface area (Å²) in [4.78, 5) is 8.91. The number of hydrogen-bond donors (Lipinski definition) is 1. The van der Waals surface area contributed by atoms with Crippen LogP contribution in [0.1, 0.15) is 0 Å². The predicted molar refractivity (Wildman–Crippen MR) is 13.1 cm³/mol. The maximum atomic E-state index is 10.5. The van der Waals surface area contributed by atoms with Crippen LogP contribution in [-0.4, -0.2) is 11.1 Å². The van der Waals surface area contributed by atoms with Crippen molar-refractivity contribution in [2.75, 3.05) is 0 Å². The average Bonchev–Trinajstić information content (AvgIpc) is 1.36. The molecule has 0 rings (SSSR count). The van der Waals surface area contributed by atoms with E-state index in [1.54, 1.807) is 0 Å². The summed E-state index contributed by atoms with van der Waals surface area (Å²) in [5.41, 5.74) is 0. The van der Waals surface area contributed by atoms with E-state index in [1.165, 1.54) is 0 Å². The van der Waals surface area contributed by atoms with Crippen LogP contribution >= 0.6 is 0 Å². The Morgan fingerprint density at radius 2 is 1.71 bits per heavy atom. The van der Waals surface area contributed by atoms with E-state index in [0.717, 1.165) is 0 Å². The van der Waals surface area contributed by atoms with Gasteiger partial charge in [0.05, 0.1) is 0 Å². The molecule has 0 spiro atoms. The molecule has 0 unspecified atom stereocenters. The SMILES string of the molecule is O=C(O)[C-](F)F.[Fe]. The Labute approximate surface area is 49.0 Å². The van der Waals surface area contributed by atoms with Crippen LogP contribution in [0, 0.1) is 6.43 Å². The van der Waals surface area contributed by atoms with Gasteiger partial charge >= 0.3 is 0 Å². The number of aliphatic carboxylic acids is 1. The van der Waals surface area contributed by atoms with Gasteiger partial charge in [0, 0.05) is 23.5 Å². The van der Waals surface area contributed by atoms with E-state index < -0.39 is 12.4 Å². The molecule has 0 aliphatic carbocycles. The van der Waals surface area contributed by atoms with Gasteiger partial charge in [-0.25, -0.2) is 0 Å². The zero-order valence-electron chi connectivity index (χ0n) is 2.96. The predicted octanol–water partition coefficient (Wildman–Crippen LogP) is 0.497. The van der Waals surface area contributed by atoms with E-state index in [-0.39, 0.29) is 17.1 Å². The van der Waals surface area contributed by atoms with Crippen LogP contribution in [0.2, 0.25) is 0 Å². The second-order valence-corrected chi connectivity index (χ2v) is 0.566. The van der Waals surface area contributed by atoms with Crippen LogP contribution in [0.15, 0.2) is 0 Å². The summed E-state index contributed by atoms with van der Waals surface area (Å²) < 4.78 is 20.9. The van der Waals surface area contributed by atoms with Gasteiger partial charge in [-0.1, -0.05) is 0 Å². The molecule has 0 aliphatic heterocycles. The maximum absolute atomic E-state index is 10.5. The Balaban J connectivity index is 0. The topological polar surface area (TPSA) is 37.3 Å². The molecular formula is C2HF2FeO2-. The van der Waals surface area contributed by atoms with Crippen molar-refractivity contribution in [1.82, 2.24) is 0 Å². The largest absolute Gasteiger partial charge is 0.500 e. The zero-order valence-corrected chi connectivity index (χ0v) is 4.07. The molecule has 5 heteroatoms. The van der Waals surface area contributed by atoms with Gasteiger partial charge in [0.1, 0.15) is 0 Å². The molecule has 0 aromatic rings. The Bertz CT molecular complexity index is 64.7. The Kier molecular flexibility index (Phi) is 5.49. The summed E-state index contributed by atoms with van der Waals surface area (Å²) >= 11 is 0. The molecule has 0 fully saturated rings. The summed E-state index contributed by atoms with van der Waals surface area (Å²) in [5, 5.41) is 7.20. The molecular weight excluding hydrogens is 150 g/mol. The van der Waals surface area contributed by atoms with Crippen LogP contribution in [0.25, 0.3) is 0 Å². The Morgan fingerprint density at radius 3 is 1.71 bits per heavy atom. The number of carboxylic acids is 1. The van der Waals surface area contributed by atoms with Crippen LogP contribution < -0.4 is 0 Å². The van der Waals surface area contributed by atoms with E-state index in [0.29, 0.717) is 0 Å². The molecule has 0 heterocycles. The fourth-order valence-corrected chi connectivity index (χ4v) is 0. The minimum Gasteiger partial charge on any atom is -0.500 e. The van der Waals surface area contributed by atoms with Crippen molar-refractivity contribution in [3.05, 3.63) is 6.43 Å². The second kappa shape index (κ2) is 3.89. The van der Waals surface area contributed by atoms with Crippen molar-refractivity contribution in [2.45, 2.75) is 0 Å². The fourth-order valence-electron chi connectivity index (χ4n) is 0. The van der Waals surface area contributed by atoms with Crippen LogP contribution in [0.4, 0.5) is 8.78 Å². The van der Waals surface area contributed by atoms with Crippen molar-refractivity contribution < 1.29 is 35.8 Å². The number of halogens is 2. The summed E-state index contributed by atoms with van der Waals surface area (Å²) in [7, 11) is 0. The van der Waals surface area contributed by atoms with E-state index in [4.69, 9.17) is 9.90 Å². The maximum Gasteiger partial charge on any atom is 0.225 e. The molecule has 7 heavy (non-hydrogen) atoms. The standard InChI is InChI=1S/C2HF2O2.Fe/c3-1(4)2(5)6;/h(H,5,6);/q-1;. The first kappa shape index (κ1) is 9.87. The normalized spacial score (nSPS) is 6.57. The molecule has 2 nitrogen and oxygen atoms in total. The van der Waals surface area contributed by atoms with Crippen molar-refractivity contribution >= 4 is 5.97 Å². The summed E-state index contributed by atoms with van der Waals surface area (Å²) in [6.07, 6.45) is -2.57. The minimum absolute atomic E-state index is 0. The van der Waals surface area contributed by atoms with E-state index in [9.17, 15) is 8.78 Å². The first-order valence-corrected chi connectivity index (χ1v) is 1.06. The first-order valence-electron chi connectivity index (χ1n) is 1.06. The average molecular weight is 151 g/mol. The number of rotatable bonds is 1. The van der Waals surface area contributed by atoms with Crippen LogP contribution in [-0.2, 0) is 21.9 Å². The van der Waals surface area contributed by atoms with Crippen molar-refractivity contribution in [2.24, 2.45) is 0 Å². The molecule has 0 aromatic heterocycles. The minimum atomic E-state index is -2.57. The van der Waals surface area contributed by atoms with E-state index >= 15 is 0 Å². The quantitative estimate of drug-likeness (QED) is 0.437. The molecule has 0 saturated carbocycles. The van der Waals surface area contributed by atoms with Crippen molar-refractivity contribution in [1.29, 1.82) is 0 Å². The van der Waals surface area contributed by atoms with Gasteiger partial charge in [-0.15, -0.1) is 0 Å². The first-order chi connectivity index (χ1) is 2.64. The Morgan fingerprint density at radius 1 is 1.57 bits per heavy atom. The van der Waals surface area contributed by atoms with Crippen molar-refractivity contribution in [3.63, 3.8) is 0 Å². The third-order valence-corrected chi connectivity index (χ3v) is 0.162. The second-order valence-electron chi connectivity index (χ2n) is 0.566. The number of hydrogen-bond acceptors (Lipinski definition) is 1. The van der Waals surface area contributed by atoms with Gasteiger partial charge in [0.2, 0.25) is 5.97 Å². The van der Waals surface area contributed by atoms with Crippen LogP contribution in [0.3, 0.4) is 0 Å². The van der Waals surface area contributed by atoms with Crippen LogP contribution in [0.5, 0.6) is 0 Å². The van der Waals surface area contributed by atoms with Gasteiger partial charge in [-0.2, -0.15) is 0 Å². The molecule has 0 radical (unpaired) electrons. The molecule has 1 N–H and O–H groups in total. The third-order valence-electron chi connectivity index (χ3n) is 0.162. The fraction of sp³-hybridized carbons (Fsp3) is 0. The smallest absolute Gasteiger partial charge is 0.225 e. The zero-order chi connectivity index (χ0) is 5.15. The van der Waals surface area contributed by atoms with Gasteiger partial charge in [-0.05, 0) is 0 Å². The monoisotopic (exact) mass is 151 g/mol. The molecule has 0 aliphatic rings. The molecule has 0 saturated heterocycles. The summed E-state index contributed by atoms with van der Waals surface area (Å²) in [5.74, 6) is -2.16. The number of carboxylic acid groups (broad SMARTS) is 1. The van der Waals surface area contributed by atoms with Gasteiger partial charge < -0.3 is 13.9 Å². The van der Waals surface area contributed by atoms with E-state index in [1.807, 2.05) is 0 Å². The molecule has 0 aromatic carbocycles. The third kappa shape index (κ3) is 5.72. The molecule has 0 atom stereocenters. The van der Waals surface area contributed by atoms with Gasteiger partial charge in [-0.3, -0.25) is 4.79 Å². The van der Waals surface area contributed by atoms with Crippen molar-refractivity contribution in [3.8, 4) is 0 Å². The Hall–Kier alpha value is -0.281. The van der Waals surface area contributed by atoms with E-state index in [2.05, 4.69) is 0 Å². The molecule has 0 amide bonds. The summed E-state index contributed by atoms with van der Waals surface area (Å²) in [6.45, 7) is 0.